The van der Waals surface area contributed by atoms with Gasteiger partial charge in [0.05, 0.1) is 17.4 Å². The standard InChI is InChI=1S/C18H17ClF3N7O/c19-11-5-4-6-12(9-11)29-14(18(20,21)22)13(10-23-29)15(30)24-16-25-17(27-26-16)28-7-2-1-3-8-28/h4-6,9-10H,1-3,7-8H2,(H2,24,25,26,27,30). The Hall–Kier alpha value is -3.08. The van der Waals surface area contributed by atoms with Crippen LogP contribution in [0, 0.1) is 0 Å². The lowest BCUT2D eigenvalue weighted by Gasteiger charge is -2.24. The van der Waals surface area contributed by atoms with Crippen molar-refractivity contribution < 1.29 is 18.0 Å². The Balaban J connectivity index is 1.61. The molecule has 0 spiro atoms. The highest BCUT2D eigenvalue weighted by Crippen LogP contribution is 2.34. The first-order chi connectivity index (χ1) is 14.3. The zero-order valence-corrected chi connectivity index (χ0v) is 16.3. The summed E-state index contributed by atoms with van der Waals surface area (Å²) in [5.41, 5.74) is -1.77. The third-order valence-electron chi connectivity index (χ3n) is 4.68. The van der Waals surface area contributed by atoms with Crippen molar-refractivity contribution in [2.45, 2.75) is 25.4 Å². The Morgan fingerprint density at radius 3 is 2.67 bits per heavy atom. The summed E-state index contributed by atoms with van der Waals surface area (Å²) < 4.78 is 41.9. The number of alkyl halides is 3. The molecule has 12 heteroatoms. The van der Waals surface area contributed by atoms with Crippen LogP contribution in [0.2, 0.25) is 5.02 Å². The molecule has 3 heterocycles. The first-order valence-corrected chi connectivity index (χ1v) is 9.60. The van der Waals surface area contributed by atoms with Gasteiger partial charge in [-0.3, -0.25) is 10.1 Å². The molecule has 0 atom stereocenters. The van der Waals surface area contributed by atoms with Crippen LogP contribution in [0.15, 0.2) is 30.5 Å². The number of piperidine rings is 1. The molecular formula is C18H17ClF3N7O. The van der Waals surface area contributed by atoms with E-state index in [1.165, 1.54) is 24.3 Å². The lowest BCUT2D eigenvalue weighted by molar-refractivity contribution is -0.143. The highest BCUT2D eigenvalue weighted by Gasteiger charge is 2.40. The Labute approximate surface area is 174 Å². The summed E-state index contributed by atoms with van der Waals surface area (Å²) in [4.78, 5) is 18.7. The summed E-state index contributed by atoms with van der Waals surface area (Å²) in [6.07, 6.45) is -0.823. The summed E-state index contributed by atoms with van der Waals surface area (Å²) >= 11 is 5.88. The number of nitrogens with one attached hydrogen (secondary N) is 2. The topological polar surface area (TPSA) is 91.7 Å². The highest BCUT2D eigenvalue weighted by molar-refractivity contribution is 6.30. The number of anilines is 2. The maximum Gasteiger partial charge on any atom is 0.434 e. The van der Waals surface area contributed by atoms with Gasteiger partial charge in [-0.25, -0.2) is 9.78 Å². The number of H-pyrrole nitrogens is 1. The van der Waals surface area contributed by atoms with E-state index in [-0.39, 0.29) is 16.7 Å². The molecule has 2 aromatic heterocycles. The van der Waals surface area contributed by atoms with Crippen molar-refractivity contribution in [1.29, 1.82) is 0 Å². The molecule has 0 aliphatic carbocycles. The van der Waals surface area contributed by atoms with Crippen LogP contribution in [0.25, 0.3) is 5.69 Å². The van der Waals surface area contributed by atoms with Gasteiger partial charge in [0.15, 0.2) is 5.69 Å². The van der Waals surface area contributed by atoms with Crippen LogP contribution in [-0.4, -0.2) is 44.0 Å². The number of hydrogen-bond acceptors (Lipinski definition) is 5. The van der Waals surface area contributed by atoms with Crippen LogP contribution >= 0.6 is 11.6 Å². The fourth-order valence-electron chi connectivity index (χ4n) is 3.31. The quantitative estimate of drug-likeness (QED) is 0.643. The van der Waals surface area contributed by atoms with Gasteiger partial charge in [0, 0.05) is 18.1 Å². The fourth-order valence-corrected chi connectivity index (χ4v) is 3.49. The molecule has 1 fully saturated rings. The van der Waals surface area contributed by atoms with E-state index in [0.29, 0.717) is 10.6 Å². The van der Waals surface area contributed by atoms with Gasteiger partial charge in [0.25, 0.3) is 5.91 Å². The van der Waals surface area contributed by atoms with E-state index in [1.807, 2.05) is 4.90 Å². The average Bonchev–Trinajstić information content (AvgIpc) is 3.36. The molecule has 1 amide bonds. The molecule has 30 heavy (non-hydrogen) atoms. The second-order valence-electron chi connectivity index (χ2n) is 6.78. The van der Waals surface area contributed by atoms with Crippen molar-refractivity contribution in [3.8, 4) is 5.69 Å². The Morgan fingerprint density at radius 2 is 1.97 bits per heavy atom. The van der Waals surface area contributed by atoms with Crippen molar-refractivity contribution >= 4 is 29.4 Å². The number of aromatic amines is 1. The Bertz CT molecular complexity index is 1060. The van der Waals surface area contributed by atoms with Crippen LogP contribution in [0.5, 0.6) is 0 Å². The first kappa shape index (κ1) is 20.2. The van der Waals surface area contributed by atoms with Gasteiger partial charge < -0.3 is 4.90 Å². The molecule has 2 N–H and O–H groups in total. The van der Waals surface area contributed by atoms with Gasteiger partial charge >= 0.3 is 6.18 Å². The van der Waals surface area contributed by atoms with Gasteiger partial charge in [-0.1, -0.05) is 17.7 Å². The second kappa shape index (κ2) is 7.98. The van der Waals surface area contributed by atoms with Crippen molar-refractivity contribution in [3.05, 3.63) is 46.7 Å². The summed E-state index contributed by atoms with van der Waals surface area (Å²) in [5.74, 6) is -0.642. The zero-order chi connectivity index (χ0) is 21.3. The summed E-state index contributed by atoms with van der Waals surface area (Å²) in [5, 5.41) is 12.9. The molecule has 0 saturated carbocycles. The van der Waals surface area contributed by atoms with Gasteiger partial charge in [0.2, 0.25) is 11.9 Å². The number of nitrogens with zero attached hydrogens (tertiary/aromatic N) is 5. The number of rotatable bonds is 4. The summed E-state index contributed by atoms with van der Waals surface area (Å²) in [6.45, 7) is 1.58. The number of halogens is 4. The van der Waals surface area contributed by atoms with Gasteiger partial charge in [0.1, 0.15) is 0 Å². The molecule has 158 valence electrons. The second-order valence-corrected chi connectivity index (χ2v) is 7.22. The van der Waals surface area contributed by atoms with E-state index >= 15 is 0 Å². The highest BCUT2D eigenvalue weighted by atomic mass is 35.5. The molecule has 1 aliphatic rings. The van der Waals surface area contributed by atoms with E-state index in [4.69, 9.17) is 11.6 Å². The predicted octanol–water partition coefficient (Wildman–Crippen LogP) is 3.91. The number of carbonyl (C=O) groups is 1. The molecule has 1 aromatic carbocycles. The number of aromatic nitrogens is 5. The molecule has 1 saturated heterocycles. The minimum absolute atomic E-state index is 0.0378. The molecule has 4 rings (SSSR count). The Morgan fingerprint density at radius 1 is 1.20 bits per heavy atom. The SMILES string of the molecule is O=C(Nc1nc(N2CCCCC2)n[nH]1)c1cnn(-c2cccc(Cl)c2)c1C(F)(F)F. The summed E-state index contributed by atoms with van der Waals surface area (Å²) in [7, 11) is 0. The third-order valence-corrected chi connectivity index (χ3v) is 4.91. The first-order valence-electron chi connectivity index (χ1n) is 9.23. The molecule has 0 bridgehead atoms. The van der Waals surface area contributed by atoms with Crippen LogP contribution in [-0.2, 0) is 6.18 Å². The van der Waals surface area contributed by atoms with Crippen LogP contribution in [0.1, 0.15) is 35.3 Å². The molecule has 0 radical (unpaired) electrons. The lowest BCUT2D eigenvalue weighted by Crippen LogP contribution is -2.30. The number of benzene rings is 1. The Kier molecular flexibility index (Phi) is 5.37. The minimum atomic E-state index is -4.83. The minimum Gasteiger partial charge on any atom is -0.340 e. The molecule has 8 nitrogen and oxygen atoms in total. The van der Waals surface area contributed by atoms with E-state index in [9.17, 15) is 18.0 Å². The smallest absolute Gasteiger partial charge is 0.340 e. The number of hydrogen-bond donors (Lipinski definition) is 2. The van der Waals surface area contributed by atoms with Gasteiger partial charge in [-0.2, -0.15) is 23.3 Å². The predicted molar refractivity (Wildman–Crippen MR) is 104 cm³/mol. The van der Waals surface area contributed by atoms with Crippen molar-refractivity contribution in [3.63, 3.8) is 0 Å². The van der Waals surface area contributed by atoms with E-state index in [0.717, 1.165) is 38.5 Å². The fraction of sp³-hybridized carbons (Fsp3) is 0.333. The van der Waals surface area contributed by atoms with Crippen molar-refractivity contribution in [2.24, 2.45) is 0 Å². The molecule has 1 aliphatic heterocycles. The monoisotopic (exact) mass is 439 g/mol. The molecule has 0 unspecified atom stereocenters. The average molecular weight is 440 g/mol. The van der Waals surface area contributed by atoms with Crippen LogP contribution in [0.3, 0.4) is 0 Å². The largest absolute Gasteiger partial charge is 0.434 e. The lowest BCUT2D eigenvalue weighted by atomic mass is 10.1. The number of carbonyl (C=O) groups excluding carboxylic acids is 1. The van der Waals surface area contributed by atoms with E-state index < -0.39 is 23.3 Å². The van der Waals surface area contributed by atoms with Crippen molar-refractivity contribution in [1.82, 2.24) is 25.0 Å². The number of amides is 1. The zero-order valence-electron chi connectivity index (χ0n) is 15.6. The normalized spacial score (nSPS) is 14.7. The van der Waals surface area contributed by atoms with Crippen molar-refractivity contribution in [2.75, 3.05) is 23.3 Å². The van der Waals surface area contributed by atoms with E-state index in [2.05, 4.69) is 25.6 Å². The maximum absolute atomic E-state index is 13.8. The summed E-state index contributed by atoms with van der Waals surface area (Å²) in [6, 6.07) is 5.76. The maximum atomic E-state index is 13.8. The van der Waals surface area contributed by atoms with E-state index in [1.54, 1.807) is 0 Å². The third kappa shape index (κ3) is 4.11. The van der Waals surface area contributed by atoms with Gasteiger partial charge in [-0.15, -0.1) is 5.10 Å². The molecular weight excluding hydrogens is 423 g/mol. The van der Waals surface area contributed by atoms with Gasteiger partial charge in [-0.05, 0) is 37.5 Å². The van der Waals surface area contributed by atoms with Crippen LogP contribution < -0.4 is 10.2 Å². The van der Waals surface area contributed by atoms with Crippen LogP contribution in [0.4, 0.5) is 25.1 Å². The molecule has 3 aromatic rings.